The molecule has 128 valence electrons. The van der Waals surface area contributed by atoms with E-state index < -0.39 is 5.97 Å². The number of hydrogen-bond donors (Lipinski definition) is 2. The number of methoxy groups -OCH3 is 1. The number of carbonyl (C=O) groups excluding carboxylic acids is 1. The molecule has 26 heavy (non-hydrogen) atoms. The first kappa shape index (κ1) is 16.9. The van der Waals surface area contributed by atoms with Crippen LogP contribution in [0.3, 0.4) is 0 Å². The zero-order valence-corrected chi connectivity index (χ0v) is 13.9. The molecule has 7 heteroatoms. The van der Waals surface area contributed by atoms with E-state index in [1.54, 1.807) is 48.5 Å². The lowest BCUT2D eigenvalue weighted by atomic mass is 10.2. The third-order valence-electron chi connectivity index (χ3n) is 3.65. The fourth-order valence-electron chi connectivity index (χ4n) is 2.27. The lowest BCUT2D eigenvalue weighted by Gasteiger charge is -2.10. The highest BCUT2D eigenvalue weighted by atomic mass is 16.5. The topological polar surface area (TPSA) is 114 Å². The Kier molecular flexibility index (Phi) is 4.76. The second-order valence-corrected chi connectivity index (χ2v) is 5.37. The van der Waals surface area contributed by atoms with Crippen LogP contribution in [-0.2, 0) is 4.74 Å². The number of benzene rings is 1. The molecule has 2 heterocycles. The van der Waals surface area contributed by atoms with Gasteiger partial charge in [0, 0.05) is 11.9 Å². The van der Waals surface area contributed by atoms with Crippen molar-refractivity contribution in [2.75, 3.05) is 18.2 Å². The van der Waals surface area contributed by atoms with E-state index >= 15 is 0 Å². The number of hydrogen-bond acceptors (Lipinski definition) is 7. The highest BCUT2D eigenvalue weighted by molar-refractivity contribution is 5.89. The standard InChI is InChI=1S/C19H15N5O2/c1-26-19(25)13-3-5-14(6-4-13)23-18-15(21)7-9-17(24-18)16-8-2-12(10-20)11-22-16/h2-9,11H,21H2,1H3,(H,23,24). The fraction of sp³-hybridized carbons (Fsp3) is 0.0526. The summed E-state index contributed by atoms with van der Waals surface area (Å²) in [7, 11) is 1.34. The zero-order valence-electron chi connectivity index (χ0n) is 13.9. The van der Waals surface area contributed by atoms with Crippen molar-refractivity contribution in [3.8, 4) is 17.5 Å². The van der Waals surface area contributed by atoms with Gasteiger partial charge in [-0.1, -0.05) is 0 Å². The molecule has 0 atom stereocenters. The maximum absolute atomic E-state index is 11.5. The minimum absolute atomic E-state index is 0.400. The quantitative estimate of drug-likeness (QED) is 0.698. The van der Waals surface area contributed by atoms with Gasteiger partial charge in [-0.2, -0.15) is 5.26 Å². The lowest BCUT2D eigenvalue weighted by Crippen LogP contribution is -2.03. The molecular formula is C19H15N5O2. The molecule has 3 N–H and O–H groups in total. The van der Waals surface area contributed by atoms with Gasteiger partial charge in [0.15, 0.2) is 5.82 Å². The first-order valence-corrected chi connectivity index (χ1v) is 7.69. The first-order chi connectivity index (χ1) is 12.6. The number of ether oxygens (including phenoxy) is 1. The summed E-state index contributed by atoms with van der Waals surface area (Å²) in [4.78, 5) is 20.2. The minimum atomic E-state index is -0.400. The van der Waals surface area contributed by atoms with Gasteiger partial charge in [0.2, 0.25) is 0 Å². The summed E-state index contributed by atoms with van der Waals surface area (Å²) in [5.74, 6) is 0.0718. The van der Waals surface area contributed by atoms with Crippen LogP contribution in [0.5, 0.6) is 0 Å². The fourth-order valence-corrected chi connectivity index (χ4v) is 2.27. The monoisotopic (exact) mass is 345 g/mol. The molecule has 0 aliphatic carbocycles. The molecule has 2 aromatic heterocycles. The molecule has 7 nitrogen and oxygen atoms in total. The molecule has 1 aromatic carbocycles. The highest BCUT2D eigenvalue weighted by Crippen LogP contribution is 2.25. The van der Waals surface area contributed by atoms with Gasteiger partial charge in [-0.15, -0.1) is 0 Å². The van der Waals surface area contributed by atoms with Gasteiger partial charge >= 0.3 is 5.97 Å². The molecule has 0 saturated carbocycles. The van der Waals surface area contributed by atoms with Gasteiger partial charge in [0.25, 0.3) is 0 Å². The Morgan fingerprint density at radius 3 is 2.46 bits per heavy atom. The number of anilines is 3. The van der Waals surface area contributed by atoms with Crippen LogP contribution in [0.4, 0.5) is 17.2 Å². The smallest absolute Gasteiger partial charge is 0.337 e. The average Bonchev–Trinajstić information content (AvgIpc) is 2.69. The van der Waals surface area contributed by atoms with E-state index in [4.69, 9.17) is 11.0 Å². The van der Waals surface area contributed by atoms with Crippen LogP contribution in [0.2, 0.25) is 0 Å². The van der Waals surface area contributed by atoms with Gasteiger partial charge in [0.05, 0.1) is 35.3 Å². The molecule has 0 bridgehead atoms. The number of aromatic nitrogens is 2. The van der Waals surface area contributed by atoms with E-state index in [2.05, 4.69) is 20.0 Å². The maximum Gasteiger partial charge on any atom is 0.337 e. The third-order valence-corrected chi connectivity index (χ3v) is 3.65. The van der Waals surface area contributed by atoms with Crippen molar-refractivity contribution < 1.29 is 9.53 Å². The van der Waals surface area contributed by atoms with Gasteiger partial charge in [-0.3, -0.25) is 4.98 Å². The lowest BCUT2D eigenvalue weighted by molar-refractivity contribution is 0.0601. The van der Waals surface area contributed by atoms with E-state index in [1.807, 2.05) is 6.07 Å². The largest absolute Gasteiger partial charge is 0.465 e. The Balaban J connectivity index is 1.86. The summed E-state index contributed by atoms with van der Waals surface area (Å²) in [6.45, 7) is 0. The molecule has 3 rings (SSSR count). The molecule has 0 aliphatic heterocycles. The number of nitrogen functional groups attached to an aromatic ring is 1. The number of pyridine rings is 2. The van der Waals surface area contributed by atoms with Crippen LogP contribution in [0.1, 0.15) is 15.9 Å². The Morgan fingerprint density at radius 2 is 1.85 bits per heavy atom. The van der Waals surface area contributed by atoms with Crippen molar-refractivity contribution in [3.63, 3.8) is 0 Å². The molecule has 0 radical (unpaired) electrons. The van der Waals surface area contributed by atoms with E-state index in [9.17, 15) is 4.79 Å². The van der Waals surface area contributed by atoms with Gasteiger partial charge in [-0.25, -0.2) is 9.78 Å². The minimum Gasteiger partial charge on any atom is -0.465 e. The van der Waals surface area contributed by atoms with Crippen molar-refractivity contribution in [2.24, 2.45) is 0 Å². The molecule has 0 amide bonds. The predicted octanol–water partition coefficient (Wildman–Crippen LogP) is 3.13. The summed E-state index contributed by atoms with van der Waals surface area (Å²) in [6, 6.07) is 15.7. The number of carbonyl (C=O) groups is 1. The Bertz CT molecular complexity index is 976. The van der Waals surface area contributed by atoms with Crippen LogP contribution in [0, 0.1) is 11.3 Å². The molecule has 0 unspecified atom stereocenters. The number of nitriles is 1. The van der Waals surface area contributed by atoms with Crippen LogP contribution in [-0.4, -0.2) is 23.0 Å². The number of nitrogens with two attached hydrogens (primary N) is 1. The number of esters is 1. The van der Waals surface area contributed by atoms with Gasteiger partial charge in [-0.05, 0) is 48.5 Å². The molecule has 3 aromatic rings. The van der Waals surface area contributed by atoms with Crippen molar-refractivity contribution in [1.82, 2.24) is 9.97 Å². The summed E-state index contributed by atoms with van der Waals surface area (Å²) in [6.07, 6.45) is 1.49. The third kappa shape index (κ3) is 3.60. The predicted molar refractivity (Wildman–Crippen MR) is 97.7 cm³/mol. The van der Waals surface area contributed by atoms with Crippen LogP contribution in [0.25, 0.3) is 11.4 Å². The molecule has 0 aliphatic rings. The van der Waals surface area contributed by atoms with Gasteiger partial charge < -0.3 is 15.8 Å². The average molecular weight is 345 g/mol. The zero-order chi connectivity index (χ0) is 18.5. The maximum atomic E-state index is 11.5. The molecule has 0 saturated heterocycles. The van der Waals surface area contributed by atoms with E-state index in [0.29, 0.717) is 34.0 Å². The van der Waals surface area contributed by atoms with Crippen molar-refractivity contribution in [1.29, 1.82) is 5.26 Å². The van der Waals surface area contributed by atoms with Crippen molar-refractivity contribution >= 4 is 23.2 Å². The highest BCUT2D eigenvalue weighted by Gasteiger charge is 2.08. The summed E-state index contributed by atoms with van der Waals surface area (Å²) >= 11 is 0. The molecule has 0 fully saturated rings. The Morgan fingerprint density at radius 1 is 1.12 bits per heavy atom. The number of nitrogens with one attached hydrogen (secondary N) is 1. The van der Waals surface area contributed by atoms with Crippen LogP contribution in [0.15, 0.2) is 54.7 Å². The van der Waals surface area contributed by atoms with E-state index in [0.717, 1.165) is 5.69 Å². The first-order valence-electron chi connectivity index (χ1n) is 7.69. The van der Waals surface area contributed by atoms with Gasteiger partial charge in [0.1, 0.15) is 6.07 Å². The van der Waals surface area contributed by atoms with Crippen LogP contribution >= 0.6 is 0 Å². The summed E-state index contributed by atoms with van der Waals surface area (Å²) in [5, 5.41) is 12.0. The van der Waals surface area contributed by atoms with Crippen LogP contribution < -0.4 is 11.1 Å². The Labute approximate surface area is 150 Å². The van der Waals surface area contributed by atoms with E-state index in [-0.39, 0.29) is 0 Å². The number of rotatable bonds is 4. The van der Waals surface area contributed by atoms with E-state index in [1.165, 1.54) is 13.3 Å². The second-order valence-electron chi connectivity index (χ2n) is 5.37. The normalized spacial score (nSPS) is 10.0. The van der Waals surface area contributed by atoms with Crippen molar-refractivity contribution in [2.45, 2.75) is 0 Å². The summed E-state index contributed by atoms with van der Waals surface area (Å²) < 4.78 is 4.68. The molecular weight excluding hydrogens is 330 g/mol. The SMILES string of the molecule is COC(=O)c1ccc(Nc2nc(-c3ccc(C#N)cn3)ccc2N)cc1. The molecule has 0 spiro atoms. The summed E-state index contributed by atoms with van der Waals surface area (Å²) in [5.41, 5.74) is 9.38. The Hall–Kier alpha value is -3.92. The number of nitrogens with zero attached hydrogens (tertiary/aromatic N) is 3. The van der Waals surface area contributed by atoms with Crippen molar-refractivity contribution in [3.05, 3.63) is 65.9 Å². The second kappa shape index (κ2) is 7.32.